The molecule has 90 valence electrons. The molecule has 2 N–H and O–H groups in total. The highest BCUT2D eigenvalue weighted by atomic mass is 32.1. The Morgan fingerprint density at radius 1 is 1.62 bits per heavy atom. The highest BCUT2D eigenvalue weighted by Crippen LogP contribution is 2.20. The van der Waals surface area contributed by atoms with Gasteiger partial charge in [0.25, 0.3) is 0 Å². The molecule has 5 heteroatoms. The van der Waals surface area contributed by atoms with Gasteiger partial charge >= 0.3 is 5.97 Å². The predicted octanol–water partition coefficient (Wildman–Crippen LogP) is 2.62. The largest absolute Gasteiger partial charge is 0.481 e. The molecule has 1 aromatic heterocycles. The third-order valence-corrected chi connectivity index (χ3v) is 3.26. The summed E-state index contributed by atoms with van der Waals surface area (Å²) >= 11 is 1.47. The van der Waals surface area contributed by atoms with Gasteiger partial charge in [-0.1, -0.05) is 20.8 Å². The molecule has 0 radical (unpaired) electrons. The average Bonchev–Trinajstić information content (AvgIpc) is 2.60. The Hall–Kier alpha value is -1.10. The summed E-state index contributed by atoms with van der Waals surface area (Å²) in [6.07, 6.45) is 1.03. The monoisotopic (exact) mass is 242 g/mol. The van der Waals surface area contributed by atoms with E-state index in [4.69, 9.17) is 5.11 Å². The van der Waals surface area contributed by atoms with Crippen molar-refractivity contribution >= 4 is 22.4 Å². The molecule has 0 bridgehead atoms. The van der Waals surface area contributed by atoms with Crippen molar-refractivity contribution in [3.63, 3.8) is 0 Å². The van der Waals surface area contributed by atoms with Gasteiger partial charge in [-0.2, -0.15) is 0 Å². The van der Waals surface area contributed by atoms with Crippen LogP contribution in [0.1, 0.15) is 32.9 Å². The van der Waals surface area contributed by atoms with Gasteiger partial charge in [0, 0.05) is 11.4 Å². The fourth-order valence-corrected chi connectivity index (χ4v) is 2.28. The van der Waals surface area contributed by atoms with Crippen LogP contribution in [0.4, 0.5) is 5.13 Å². The van der Waals surface area contributed by atoms with Gasteiger partial charge in [0.15, 0.2) is 5.13 Å². The quantitative estimate of drug-likeness (QED) is 0.805. The lowest BCUT2D eigenvalue weighted by Gasteiger charge is -2.19. The number of carboxylic acids is 1. The van der Waals surface area contributed by atoms with Crippen molar-refractivity contribution in [1.82, 2.24) is 4.98 Å². The molecule has 0 aliphatic heterocycles. The highest BCUT2D eigenvalue weighted by Gasteiger charge is 2.13. The molecule has 0 aliphatic carbocycles. The Labute approximate surface area is 99.7 Å². The molecule has 16 heavy (non-hydrogen) atoms. The van der Waals surface area contributed by atoms with Crippen LogP contribution < -0.4 is 5.32 Å². The molecule has 1 unspecified atom stereocenters. The number of aliphatic carboxylic acids is 1. The third kappa shape index (κ3) is 3.81. The molecule has 0 fully saturated rings. The molecule has 0 saturated carbocycles. The minimum atomic E-state index is -0.840. The summed E-state index contributed by atoms with van der Waals surface area (Å²) < 4.78 is 0. The van der Waals surface area contributed by atoms with Gasteiger partial charge in [0.05, 0.1) is 12.1 Å². The van der Waals surface area contributed by atoms with Crippen LogP contribution in [0.5, 0.6) is 0 Å². The van der Waals surface area contributed by atoms with Crippen molar-refractivity contribution in [2.45, 2.75) is 39.7 Å². The van der Waals surface area contributed by atoms with Crippen LogP contribution in [0.2, 0.25) is 0 Å². The number of hydrogen-bond acceptors (Lipinski definition) is 4. The number of nitrogens with one attached hydrogen (secondary N) is 1. The molecule has 0 spiro atoms. The minimum absolute atomic E-state index is 0.00332. The van der Waals surface area contributed by atoms with E-state index in [9.17, 15) is 4.79 Å². The number of hydrogen-bond donors (Lipinski definition) is 2. The van der Waals surface area contributed by atoms with Crippen LogP contribution in [0.3, 0.4) is 0 Å². The maximum absolute atomic E-state index is 10.5. The first-order chi connectivity index (χ1) is 7.52. The molecule has 0 aliphatic rings. The van der Waals surface area contributed by atoms with Gasteiger partial charge in [-0.05, 0) is 12.3 Å². The molecule has 4 nitrogen and oxygen atoms in total. The Kier molecular flexibility index (Phi) is 4.73. The molecule has 0 aromatic carbocycles. The standard InChI is InChI=1S/C11H18N2O2S/c1-4-9(7(2)3)13-11-12-8(6-16-11)5-10(14)15/h6-7,9H,4-5H2,1-3H3,(H,12,13)(H,14,15). The number of carbonyl (C=O) groups is 1. The summed E-state index contributed by atoms with van der Waals surface area (Å²) in [5.74, 6) is -0.301. The van der Waals surface area contributed by atoms with Gasteiger partial charge in [-0.3, -0.25) is 4.79 Å². The second-order valence-electron chi connectivity index (χ2n) is 4.12. The molecule has 0 amide bonds. The summed E-state index contributed by atoms with van der Waals surface area (Å²) in [7, 11) is 0. The lowest BCUT2D eigenvalue weighted by molar-refractivity contribution is -0.136. The molecule has 1 atom stereocenters. The van der Waals surface area contributed by atoms with E-state index in [2.05, 4.69) is 31.1 Å². The van der Waals surface area contributed by atoms with Gasteiger partial charge < -0.3 is 10.4 Å². The molecular weight excluding hydrogens is 224 g/mol. The zero-order valence-corrected chi connectivity index (χ0v) is 10.7. The van der Waals surface area contributed by atoms with E-state index in [0.717, 1.165) is 11.6 Å². The lowest BCUT2D eigenvalue weighted by atomic mass is 10.0. The Morgan fingerprint density at radius 3 is 2.81 bits per heavy atom. The zero-order chi connectivity index (χ0) is 12.1. The Morgan fingerprint density at radius 2 is 2.31 bits per heavy atom. The van der Waals surface area contributed by atoms with Crippen LogP contribution in [0.25, 0.3) is 0 Å². The van der Waals surface area contributed by atoms with Crippen LogP contribution in [0.15, 0.2) is 5.38 Å². The first kappa shape index (κ1) is 13.0. The topological polar surface area (TPSA) is 62.2 Å². The Bertz CT molecular complexity index is 350. The van der Waals surface area contributed by atoms with Crippen molar-refractivity contribution in [1.29, 1.82) is 0 Å². The fraction of sp³-hybridized carbons (Fsp3) is 0.636. The molecule has 1 heterocycles. The van der Waals surface area contributed by atoms with Gasteiger partial charge in [0.1, 0.15) is 0 Å². The zero-order valence-electron chi connectivity index (χ0n) is 9.86. The van der Waals surface area contributed by atoms with Crippen molar-refractivity contribution in [3.8, 4) is 0 Å². The van der Waals surface area contributed by atoms with Gasteiger partial charge in [-0.25, -0.2) is 4.98 Å². The SMILES string of the molecule is CCC(Nc1nc(CC(=O)O)cs1)C(C)C. The summed E-state index contributed by atoms with van der Waals surface area (Å²) in [6.45, 7) is 6.45. The first-order valence-corrected chi connectivity index (χ1v) is 6.33. The molecule has 0 saturated heterocycles. The van der Waals surface area contributed by atoms with E-state index in [1.807, 2.05) is 0 Å². The number of carboxylic acid groups (broad SMARTS) is 1. The van der Waals surface area contributed by atoms with Crippen LogP contribution >= 0.6 is 11.3 Å². The van der Waals surface area contributed by atoms with Crippen molar-refractivity contribution < 1.29 is 9.90 Å². The number of anilines is 1. The highest BCUT2D eigenvalue weighted by molar-refractivity contribution is 7.13. The van der Waals surface area contributed by atoms with Crippen molar-refractivity contribution in [2.75, 3.05) is 5.32 Å². The van der Waals surface area contributed by atoms with Gasteiger partial charge in [-0.15, -0.1) is 11.3 Å². The van der Waals surface area contributed by atoms with Crippen LogP contribution in [-0.4, -0.2) is 22.1 Å². The smallest absolute Gasteiger partial charge is 0.309 e. The van der Waals surface area contributed by atoms with Crippen LogP contribution in [-0.2, 0) is 11.2 Å². The molecule has 1 rings (SSSR count). The number of aromatic nitrogens is 1. The second-order valence-corrected chi connectivity index (χ2v) is 4.98. The first-order valence-electron chi connectivity index (χ1n) is 5.45. The van der Waals surface area contributed by atoms with E-state index >= 15 is 0 Å². The predicted molar refractivity (Wildman–Crippen MR) is 66.0 cm³/mol. The Balaban J connectivity index is 2.60. The van der Waals surface area contributed by atoms with E-state index < -0.39 is 5.97 Å². The van der Waals surface area contributed by atoms with Crippen molar-refractivity contribution in [3.05, 3.63) is 11.1 Å². The molecule has 1 aromatic rings. The number of nitrogens with zero attached hydrogens (tertiary/aromatic N) is 1. The van der Waals surface area contributed by atoms with E-state index in [1.165, 1.54) is 11.3 Å². The summed E-state index contributed by atoms with van der Waals surface area (Å²) in [5.41, 5.74) is 0.624. The maximum Gasteiger partial charge on any atom is 0.309 e. The third-order valence-electron chi connectivity index (χ3n) is 2.44. The van der Waals surface area contributed by atoms with E-state index in [-0.39, 0.29) is 6.42 Å². The number of rotatable bonds is 6. The second kappa shape index (κ2) is 5.84. The number of thiazole rings is 1. The average molecular weight is 242 g/mol. The fourth-order valence-electron chi connectivity index (χ4n) is 1.51. The molecular formula is C11H18N2O2S. The lowest BCUT2D eigenvalue weighted by Crippen LogP contribution is -2.24. The van der Waals surface area contributed by atoms with E-state index in [1.54, 1.807) is 5.38 Å². The summed E-state index contributed by atoms with van der Waals surface area (Å²) in [5, 5.41) is 14.6. The van der Waals surface area contributed by atoms with E-state index in [0.29, 0.717) is 17.7 Å². The maximum atomic E-state index is 10.5. The normalized spacial score (nSPS) is 12.8. The summed E-state index contributed by atoms with van der Waals surface area (Å²) in [4.78, 5) is 14.8. The minimum Gasteiger partial charge on any atom is -0.481 e. The van der Waals surface area contributed by atoms with Gasteiger partial charge in [0.2, 0.25) is 0 Å². The summed E-state index contributed by atoms with van der Waals surface area (Å²) in [6, 6.07) is 0.392. The van der Waals surface area contributed by atoms with Crippen LogP contribution in [0, 0.1) is 5.92 Å². The van der Waals surface area contributed by atoms with Crippen molar-refractivity contribution in [2.24, 2.45) is 5.92 Å².